The Bertz CT molecular complexity index is 116. The SMILES string of the molecule is CC(N)(CN)C1OC1O. The summed E-state index contributed by atoms with van der Waals surface area (Å²) in [6.45, 7) is 2.09. The predicted molar refractivity (Wildman–Crippen MR) is 32.5 cm³/mol. The lowest BCUT2D eigenvalue weighted by molar-refractivity contribution is 0.155. The van der Waals surface area contributed by atoms with E-state index in [1.54, 1.807) is 6.92 Å². The van der Waals surface area contributed by atoms with Gasteiger partial charge < -0.3 is 21.3 Å². The van der Waals surface area contributed by atoms with E-state index in [1.165, 1.54) is 0 Å². The minimum Gasteiger partial charge on any atom is -0.366 e. The van der Waals surface area contributed by atoms with Gasteiger partial charge in [0, 0.05) is 6.54 Å². The molecule has 3 unspecified atom stereocenters. The van der Waals surface area contributed by atoms with E-state index in [4.69, 9.17) is 21.3 Å². The van der Waals surface area contributed by atoms with E-state index in [1.807, 2.05) is 0 Å². The Hall–Kier alpha value is -0.160. The van der Waals surface area contributed by atoms with Crippen LogP contribution in [0, 0.1) is 0 Å². The van der Waals surface area contributed by atoms with Gasteiger partial charge in [0.05, 0.1) is 5.54 Å². The van der Waals surface area contributed by atoms with Crippen molar-refractivity contribution >= 4 is 0 Å². The van der Waals surface area contributed by atoms with Crippen molar-refractivity contribution < 1.29 is 9.84 Å². The fourth-order valence-corrected chi connectivity index (χ4v) is 0.702. The van der Waals surface area contributed by atoms with E-state index in [0.717, 1.165) is 0 Å². The maximum Gasteiger partial charge on any atom is 0.183 e. The number of rotatable bonds is 2. The lowest BCUT2D eigenvalue weighted by Crippen LogP contribution is -2.49. The zero-order chi connectivity index (χ0) is 7.07. The monoisotopic (exact) mass is 132 g/mol. The molecule has 4 nitrogen and oxygen atoms in total. The van der Waals surface area contributed by atoms with Crippen LogP contribution in [0.1, 0.15) is 6.92 Å². The van der Waals surface area contributed by atoms with E-state index in [9.17, 15) is 0 Å². The van der Waals surface area contributed by atoms with Gasteiger partial charge in [0.25, 0.3) is 0 Å². The van der Waals surface area contributed by atoms with Gasteiger partial charge in [-0.3, -0.25) is 0 Å². The van der Waals surface area contributed by atoms with Gasteiger partial charge in [0.2, 0.25) is 0 Å². The lowest BCUT2D eigenvalue weighted by Gasteiger charge is -2.18. The van der Waals surface area contributed by atoms with Gasteiger partial charge in [0.15, 0.2) is 6.29 Å². The molecule has 0 aliphatic carbocycles. The summed E-state index contributed by atoms with van der Waals surface area (Å²) in [5, 5.41) is 8.74. The van der Waals surface area contributed by atoms with Crippen molar-refractivity contribution in [1.29, 1.82) is 0 Å². The quantitative estimate of drug-likeness (QED) is 0.394. The summed E-state index contributed by atoms with van der Waals surface area (Å²) in [5.74, 6) is 0. The Morgan fingerprint density at radius 2 is 2.22 bits per heavy atom. The molecule has 4 heteroatoms. The molecule has 0 bridgehead atoms. The van der Waals surface area contributed by atoms with Crippen LogP contribution in [-0.2, 0) is 4.74 Å². The van der Waals surface area contributed by atoms with Crippen LogP contribution >= 0.6 is 0 Å². The molecule has 54 valence electrons. The summed E-state index contributed by atoms with van der Waals surface area (Å²) in [7, 11) is 0. The molecular weight excluding hydrogens is 120 g/mol. The molecule has 1 aliphatic heterocycles. The Labute approximate surface area is 53.8 Å². The minimum atomic E-state index is -0.691. The molecule has 0 aromatic rings. The van der Waals surface area contributed by atoms with Crippen LogP contribution in [0.15, 0.2) is 0 Å². The van der Waals surface area contributed by atoms with Gasteiger partial charge in [-0.1, -0.05) is 0 Å². The molecule has 9 heavy (non-hydrogen) atoms. The van der Waals surface area contributed by atoms with Crippen molar-refractivity contribution in [2.24, 2.45) is 11.5 Å². The Balaban J connectivity index is 2.41. The van der Waals surface area contributed by atoms with E-state index >= 15 is 0 Å². The molecule has 0 saturated carbocycles. The number of aliphatic hydroxyl groups excluding tert-OH is 1. The number of ether oxygens (including phenoxy) is 1. The summed E-state index contributed by atoms with van der Waals surface area (Å²) in [5.41, 5.74) is 10.3. The average Bonchev–Trinajstić information content (AvgIpc) is 2.47. The van der Waals surface area contributed by atoms with Crippen LogP contribution in [0.25, 0.3) is 0 Å². The van der Waals surface area contributed by atoms with Crippen molar-refractivity contribution in [3.63, 3.8) is 0 Å². The first-order valence-electron chi connectivity index (χ1n) is 2.90. The molecule has 1 aliphatic rings. The molecule has 5 N–H and O–H groups in total. The standard InChI is InChI=1S/C5H12N2O2/c1-5(7,2-6)3-4(8)9-3/h3-4,8H,2,6-7H2,1H3. The van der Waals surface area contributed by atoms with Gasteiger partial charge in [-0.2, -0.15) is 0 Å². The largest absolute Gasteiger partial charge is 0.366 e. The first-order chi connectivity index (χ1) is 4.08. The Kier molecular flexibility index (Phi) is 1.48. The van der Waals surface area contributed by atoms with Crippen LogP contribution in [0.4, 0.5) is 0 Å². The first kappa shape index (κ1) is 6.95. The highest BCUT2D eigenvalue weighted by atomic mass is 16.7. The van der Waals surface area contributed by atoms with Crippen molar-refractivity contribution in [1.82, 2.24) is 0 Å². The minimum absolute atomic E-state index is 0.262. The molecule has 0 spiro atoms. The molecule has 0 aromatic heterocycles. The molecule has 1 saturated heterocycles. The number of nitrogens with two attached hydrogens (primary N) is 2. The van der Waals surface area contributed by atoms with E-state index in [2.05, 4.69) is 0 Å². The third-order valence-corrected chi connectivity index (χ3v) is 1.56. The maximum atomic E-state index is 8.74. The summed E-state index contributed by atoms with van der Waals surface area (Å²) in [6, 6.07) is 0. The fraction of sp³-hybridized carbons (Fsp3) is 1.00. The van der Waals surface area contributed by atoms with Crippen molar-refractivity contribution in [3.05, 3.63) is 0 Å². The number of epoxide rings is 1. The Morgan fingerprint density at radius 3 is 2.33 bits per heavy atom. The maximum absolute atomic E-state index is 8.74. The van der Waals surface area contributed by atoms with Crippen molar-refractivity contribution in [2.45, 2.75) is 24.9 Å². The highest BCUT2D eigenvalue weighted by molar-refractivity contribution is 4.98. The molecule has 0 amide bonds. The van der Waals surface area contributed by atoms with Gasteiger partial charge in [0.1, 0.15) is 6.10 Å². The van der Waals surface area contributed by atoms with Crippen molar-refractivity contribution in [2.75, 3.05) is 6.54 Å². The molecule has 1 fully saturated rings. The number of aliphatic hydroxyl groups is 1. The number of hydrogen-bond donors (Lipinski definition) is 3. The van der Waals surface area contributed by atoms with Crippen LogP contribution in [-0.4, -0.2) is 29.6 Å². The van der Waals surface area contributed by atoms with Crippen LogP contribution in [0.2, 0.25) is 0 Å². The summed E-state index contributed by atoms with van der Waals surface area (Å²) < 4.78 is 4.72. The topological polar surface area (TPSA) is 84.8 Å². The first-order valence-corrected chi connectivity index (χ1v) is 2.90. The van der Waals surface area contributed by atoms with Gasteiger partial charge in [-0.05, 0) is 6.92 Å². The fourth-order valence-electron chi connectivity index (χ4n) is 0.702. The lowest BCUT2D eigenvalue weighted by atomic mass is 10.0. The van der Waals surface area contributed by atoms with Crippen LogP contribution < -0.4 is 11.5 Å². The summed E-state index contributed by atoms with van der Waals surface area (Å²) in [4.78, 5) is 0. The molecule has 3 atom stereocenters. The zero-order valence-corrected chi connectivity index (χ0v) is 5.37. The van der Waals surface area contributed by atoms with E-state index in [0.29, 0.717) is 6.54 Å². The highest BCUT2D eigenvalue weighted by Gasteiger charge is 2.48. The molecule has 1 heterocycles. The second-order valence-corrected chi connectivity index (χ2v) is 2.66. The molecule has 1 rings (SSSR count). The van der Waals surface area contributed by atoms with Gasteiger partial charge >= 0.3 is 0 Å². The zero-order valence-electron chi connectivity index (χ0n) is 5.37. The number of hydrogen-bond acceptors (Lipinski definition) is 4. The smallest absolute Gasteiger partial charge is 0.183 e. The van der Waals surface area contributed by atoms with Gasteiger partial charge in [-0.25, -0.2) is 0 Å². The predicted octanol–water partition coefficient (Wildman–Crippen LogP) is -1.62. The van der Waals surface area contributed by atoms with Gasteiger partial charge in [-0.15, -0.1) is 0 Å². The van der Waals surface area contributed by atoms with Crippen molar-refractivity contribution in [3.8, 4) is 0 Å². The molecular formula is C5H12N2O2. The third kappa shape index (κ3) is 1.21. The summed E-state index contributed by atoms with van der Waals surface area (Å²) >= 11 is 0. The Morgan fingerprint density at radius 1 is 1.78 bits per heavy atom. The molecule has 0 aromatic carbocycles. The van der Waals surface area contributed by atoms with E-state index < -0.39 is 11.8 Å². The van der Waals surface area contributed by atoms with Crippen LogP contribution in [0.5, 0.6) is 0 Å². The summed E-state index contributed by atoms with van der Waals surface area (Å²) in [6.07, 6.45) is -0.953. The second-order valence-electron chi connectivity index (χ2n) is 2.66. The third-order valence-electron chi connectivity index (χ3n) is 1.56. The molecule has 0 radical (unpaired) electrons. The highest BCUT2D eigenvalue weighted by Crippen LogP contribution is 2.27. The second kappa shape index (κ2) is 1.91. The average molecular weight is 132 g/mol. The van der Waals surface area contributed by atoms with E-state index in [-0.39, 0.29) is 6.10 Å². The van der Waals surface area contributed by atoms with Crippen LogP contribution in [0.3, 0.4) is 0 Å². The normalized spacial score (nSPS) is 40.0.